The molecule has 5 heteroatoms. The number of ether oxygens (including phenoxy) is 1. The van der Waals surface area contributed by atoms with Crippen LogP contribution in [0.3, 0.4) is 0 Å². The Hall–Kier alpha value is -2.33. The highest BCUT2D eigenvalue weighted by molar-refractivity contribution is 6.32. The van der Waals surface area contributed by atoms with Crippen molar-refractivity contribution in [2.45, 2.75) is 0 Å². The predicted octanol–water partition coefficient (Wildman–Crippen LogP) is 4.12. The van der Waals surface area contributed by atoms with E-state index in [1.54, 1.807) is 42.5 Å². The standard InChI is InChI=1S/C15H12ClNO3/c1-20-15-8-7-11(9-13(15)16)10-14(17(18)19)12-5-3-2-4-6-12/h2-10H,1H3. The summed E-state index contributed by atoms with van der Waals surface area (Å²) in [6.07, 6.45) is 1.49. The van der Waals surface area contributed by atoms with E-state index in [1.165, 1.54) is 13.2 Å². The molecule has 0 aromatic heterocycles. The van der Waals surface area contributed by atoms with Crippen LogP contribution in [-0.2, 0) is 0 Å². The minimum Gasteiger partial charge on any atom is -0.495 e. The molecule has 4 nitrogen and oxygen atoms in total. The highest BCUT2D eigenvalue weighted by Crippen LogP contribution is 2.27. The van der Waals surface area contributed by atoms with Crippen LogP contribution in [-0.4, -0.2) is 12.0 Å². The van der Waals surface area contributed by atoms with Crippen LogP contribution in [0.15, 0.2) is 48.5 Å². The third-order valence-electron chi connectivity index (χ3n) is 2.75. The van der Waals surface area contributed by atoms with Gasteiger partial charge in [-0.1, -0.05) is 35.9 Å². The van der Waals surface area contributed by atoms with Gasteiger partial charge in [0.2, 0.25) is 0 Å². The molecule has 20 heavy (non-hydrogen) atoms. The molecule has 0 saturated heterocycles. The van der Waals surface area contributed by atoms with Gasteiger partial charge in [-0.2, -0.15) is 0 Å². The van der Waals surface area contributed by atoms with Crippen LogP contribution >= 0.6 is 11.6 Å². The van der Waals surface area contributed by atoms with Crippen molar-refractivity contribution >= 4 is 23.4 Å². The predicted molar refractivity (Wildman–Crippen MR) is 79.3 cm³/mol. The molecule has 0 N–H and O–H groups in total. The van der Waals surface area contributed by atoms with E-state index in [0.717, 1.165) is 0 Å². The van der Waals surface area contributed by atoms with Crippen LogP contribution in [0, 0.1) is 10.1 Å². The molecule has 0 radical (unpaired) electrons. The van der Waals surface area contributed by atoms with Gasteiger partial charge in [0.15, 0.2) is 0 Å². The molecule has 0 aliphatic rings. The van der Waals surface area contributed by atoms with Crippen molar-refractivity contribution in [1.29, 1.82) is 0 Å². The number of halogens is 1. The van der Waals surface area contributed by atoms with E-state index in [4.69, 9.17) is 16.3 Å². The molecule has 2 aromatic rings. The molecule has 0 unspecified atom stereocenters. The Kier molecular flexibility index (Phi) is 4.38. The fraction of sp³-hybridized carbons (Fsp3) is 0.0667. The summed E-state index contributed by atoms with van der Waals surface area (Å²) in [4.78, 5) is 10.8. The number of hydrogen-bond donors (Lipinski definition) is 0. The Morgan fingerprint density at radius 1 is 1.25 bits per heavy atom. The first-order valence-electron chi connectivity index (χ1n) is 5.87. The molecule has 0 heterocycles. The van der Waals surface area contributed by atoms with Gasteiger partial charge in [-0.05, 0) is 29.8 Å². The highest BCUT2D eigenvalue weighted by Gasteiger charge is 2.14. The van der Waals surface area contributed by atoms with Gasteiger partial charge >= 0.3 is 0 Å². The number of hydrogen-bond acceptors (Lipinski definition) is 3. The van der Waals surface area contributed by atoms with Crippen molar-refractivity contribution < 1.29 is 9.66 Å². The number of nitrogens with zero attached hydrogens (tertiary/aromatic N) is 1. The molecule has 102 valence electrons. The largest absolute Gasteiger partial charge is 0.495 e. The van der Waals surface area contributed by atoms with Crippen LogP contribution in [0.1, 0.15) is 11.1 Å². The average Bonchev–Trinajstić information content (AvgIpc) is 2.45. The lowest BCUT2D eigenvalue weighted by molar-refractivity contribution is -0.374. The number of methoxy groups -OCH3 is 1. The van der Waals surface area contributed by atoms with Crippen molar-refractivity contribution in [3.8, 4) is 5.75 Å². The molecule has 0 atom stereocenters. The maximum Gasteiger partial charge on any atom is 0.277 e. The maximum atomic E-state index is 11.2. The summed E-state index contributed by atoms with van der Waals surface area (Å²) >= 11 is 6.01. The zero-order valence-electron chi connectivity index (χ0n) is 10.7. The molecular formula is C15H12ClNO3. The number of nitro groups is 1. The minimum atomic E-state index is -0.409. The zero-order valence-corrected chi connectivity index (χ0v) is 11.5. The van der Waals surface area contributed by atoms with E-state index in [9.17, 15) is 10.1 Å². The average molecular weight is 290 g/mol. The van der Waals surface area contributed by atoms with Crippen LogP contribution in [0.5, 0.6) is 5.75 Å². The van der Waals surface area contributed by atoms with Gasteiger partial charge in [0.1, 0.15) is 5.75 Å². The van der Waals surface area contributed by atoms with E-state index in [2.05, 4.69) is 0 Å². The third-order valence-corrected chi connectivity index (χ3v) is 3.04. The molecule has 0 bridgehead atoms. The first kappa shape index (κ1) is 14.1. The van der Waals surface area contributed by atoms with Crippen molar-refractivity contribution in [1.82, 2.24) is 0 Å². The lowest BCUT2D eigenvalue weighted by atomic mass is 10.1. The van der Waals surface area contributed by atoms with Crippen molar-refractivity contribution in [3.63, 3.8) is 0 Å². The number of rotatable bonds is 4. The molecule has 0 aliphatic carbocycles. The molecule has 2 aromatic carbocycles. The fourth-order valence-electron chi connectivity index (χ4n) is 1.78. The van der Waals surface area contributed by atoms with Gasteiger partial charge in [0.25, 0.3) is 5.70 Å². The van der Waals surface area contributed by atoms with E-state index < -0.39 is 4.92 Å². The van der Waals surface area contributed by atoms with Gasteiger partial charge in [-0.25, -0.2) is 0 Å². The molecule has 2 rings (SSSR count). The Balaban J connectivity index is 2.45. The summed E-state index contributed by atoms with van der Waals surface area (Å²) < 4.78 is 5.05. The van der Waals surface area contributed by atoms with Gasteiger partial charge in [0.05, 0.1) is 22.6 Å². The van der Waals surface area contributed by atoms with Gasteiger partial charge < -0.3 is 4.74 Å². The van der Waals surface area contributed by atoms with Gasteiger partial charge in [-0.3, -0.25) is 10.1 Å². The monoisotopic (exact) mass is 289 g/mol. The Morgan fingerprint density at radius 2 is 1.95 bits per heavy atom. The molecule has 0 saturated carbocycles. The normalized spacial score (nSPS) is 11.2. The smallest absolute Gasteiger partial charge is 0.277 e. The lowest BCUT2D eigenvalue weighted by Gasteiger charge is -2.04. The lowest BCUT2D eigenvalue weighted by Crippen LogP contribution is -1.97. The third kappa shape index (κ3) is 3.16. The first-order chi connectivity index (χ1) is 9.61. The Labute approximate surface area is 121 Å². The summed E-state index contributed by atoms with van der Waals surface area (Å²) in [5, 5.41) is 11.6. The molecule has 0 fully saturated rings. The molecule has 0 amide bonds. The van der Waals surface area contributed by atoms with E-state index in [-0.39, 0.29) is 5.70 Å². The Morgan fingerprint density at radius 3 is 2.50 bits per heavy atom. The van der Waals surface area contributed by atoms with Gasteiger partial charge in [0, 0.05) is 6.08 Å². The summed E-state index contributed by atoms with van der Waals surface area (Å²) in [6, 6.07) is 13.7. The molecule has 0 aliphatic heterocycles. The van der Waals surface area contributed by atoms with Crippen LogP contribution in [0.25, 0.3) is 11.8 Å². The van der Waals surface area contributed by atoms with E-state index in [1.807, 2.05) is 6.07 Å². The van der Waals surface area contributed by atoms with Crippen molar-refractivity contribution in [2.75, 3.05) is 7.11 Å². The van der Waals surface area contributed by atoms with Gasteiger partial charge in [-0.15, -0.1) is 0 Å². The van der Waals surface area contributed by atoms with Crippen molar-refractivity contribution in [2.24, 2.45) is 0 Å². The summed E-state index contributed by atoms with van der Waals surface area (Å²) in [5.74, 6) is 0.534. The second-order valence-corrected chi connectivity index (χ2v) is 4.45. The molecular weight excluding hydrogens is 278 g/mol. The summed E-state index contributed by atoms with van der Waals surface area (Å²) in [6.45, 7) is 0. The fourth-order valence-corrected chi connectivity index (χ4v) is 2.05. The minimum absolute atomic E-state index is 0.0202. The zero-order chi connectivity index (χ0) is 14.5. The van der Waals surface area contributed by atoms with Crippen molar-refractivity contribution in [3.05, 3.63) is 74.8 Å². The molecule has 0 spiro atoms. The SMILES string of the molecule is COc1ccc(C=C(c2ccccc2)[N+](=O)[O-])cc1Cl. The summed E-state index contributed by atoms with van der Waals surface area (Å²) in [7, 11) is 1.52. The highest BCUT2D eigenvalue weighted by atomic mass is 35.5. The number of benzene rings is 2. The van der Waals surface area contributed by atoms with E-state index in [0.29, 0.717) is 21.9 Å². The first-order valence-corrected chi connectivity index (χ1v) is 6.24. The quantitative estimate of drug-likeness (QED) is 0.483. The van der Waals surface area contributed by atoms with E-state index >= 15 is 0 Å². The Bertz CT molecular complexity index is 653. The second kappa shape index (κ2) is 6.21. The van der Waals surface area contributed by atoms with Crippen LogP contribution < -0.4 is 4.74 Å². The topological polar surface area (TPSA) is 52.4 Å². The summed E-state index contributed by atoms with van der Waals surface area (Å²) in [5.41, 5.74) is 1.21. The van der Waals surface area contributed by atoms with Crippen LogP contribution in [0.4, 0.5) is 0 Å². The second-order valence-electron chi connectivity index (χ2n) is 4.05. The maximum absolute atomic E-state index is 11.2. The van der Waals surface area contributed by atoms with Crippen LogP contribution in [0.2, 0.25) is 5.02 Å².